The van der Waals surface area contributed by atoms with Crippen molar-refractivity contribution < 1.29 is 14.2 Å². The first kappa shape index (κ1) is 14.6. The minimum atomic E-state index is -0.0293. The van der Waals surface area contributed by atoms with E-state index in [-0.39, 0.29) is 18.2 Å². The van der Waals surface area contributed by atoms with Gasteiger partial charge in [-0.3, -0.25) is 4.90 Å². The molecular weight excluding hydrogens is 268 g/mol. The minimum absolute atomic E-state index is 0.0293. The molecule has 5 nitrogen and oxygen atoms in total. The van der Waals surface area contributed by atoms with Crippen molar-refractivity contribution in [2.75, 3.05) is 32.8 Å². The fraction of sp³-hybridized carbons (Fsp3) is 0.625. The Kier molecular flexibility index (Phi) is 4.33. The van der Waals surface area contributed by atoms with Gasteiger partial charge in [0.2, 0.25) is 0 Å². The first-order chi connectivity index (χ1) is 10.1. The van der Waals surface area contributed by atoms with Gasteiger partial charge in [0, 0.05) is 25.7 Å². The molecule has 0 amide bonds. The summed E-state index contributed by atoms with van der Waals surface area (Å²) in [4.78, 5) is 2.38. The molecule has 2 aliphatic heterocycles. The van der Waals surface area contributed by atoms with Crippen LogP contribution in [0.3, 0.4) is 0 Å². The molecule has 3 atom stereocenters. The Balaban J connectivity index is 1.66. The van der Waals surface area contributed by atoms with Gasteiger partial charge in [0.05, 0.1) is 12.2 Å². The van der Waals surface area contributed by atoms with Gasteiger partial charge in [-0.25, -0.2) is 0 Å². The van der Waals surface area contributed by atoms with Crippen LogP contribution in [0.25, 0.3) is 0 Å². The first-order valence-electron chi connectivity index (χ1n) is 7.65. The van der Waals surface area contributed by atoms with E-state index in [1.807, 2.05) is 18.2 Å². The number of nitrogens with two attached hydrogens (primary N) is 1. The van der Waals surface area contributed by atoms with Crippen LogP contribution in [-0.4, -0.2) is 50.0 Å². The molecule has 5 heteroatoms. The lowest BCUT2D eigenvalue weighted by molar-refractivity contribution is -0.0691. The number of nitrogens with zero attached hydrogens (tertiary/aromatic N) is 1. The second-order valence-corrected chi connectivity index (χ2v) is 5.99. The van der Waals surface area contributed by atoms with Gasteiger partial charge in [0.25, 0.3) is 0 Å². The van der Waals surface area contributed by atoms with E-state index in [1.165, 1.54) is 0 Å². The molecule has 2 N–H and O–H groups in total. The molecular formula is C16H24N2O3. The van der Waals surface area contributed by atoms with Gasteiger partial charge in [0.1, 0.15) is 13.2 Å². The van der Waals surface area contributed by atoms with Crippen molar-refractivity contribution in [2.45, 2.75) is 32.1 Å². The van der Waals surface area contributed by atoms with Crippen LogP contribution < -0.4 is 15.2 Å². The summed E-state index contributed by atoms with van der Waals surface area (Å²) in [5, 5.41) is 0. The van der Waals surface area contributed by atoms with Crippen LogP contribution in [-0.2, 0) is 4.74 Å². The summed E-state index contributed by atoms with van der Waals surface area (Å²) in [7, 11) is 0. The van der Waals surface area contributed by atoms with Crippen molar-refractivity contribution in [1.82, 2.24) is 4.90 Å². The molecule has 0 spiro atoms. The lowest BCUT2D eigenvalue weighted by Gasteiger charge is -2.36. The second-order valence-electron chi connectivity index (χ2n) is 5.99. The van der Waals surface area contributed by atoms with Crippen LogP contribution in [0.5, 0.6) is 11.5 Å². The molecule has 2 heterocycles. The molecule has 2 aliphatic rings. The lowest BCUT2D eigenvalue weighted by Crippen LogP contribution is -2.47. The zero-order valence-electron chi connectivity index (χ0n) is 12.7. The van der Waals surface area contributed by atoms with Crippen molar-refractivity contribution in [3.8, 4) is 11.5 Å². The van der Waals surface area contributed by atoms with E-state index in [4.69, 9.17) is 19.9 Å². The maximum absolute atomic E-state index is 6.37. The Morgan fingerprint density at radius 2 is 1.81 bits per heavy atom. The predicted octanol–water partition coefficient (Wildman–Crippen LogP) is 1.57. The zero-order valence-corrected chi connectivity index (χ0v) is 12.7. The van der Waals surface area contributed by atoms with E-state index in [2.05, 4.69) is 18.7 Å². The Hall–Kier alpha value is -1.30. The number of rotatable bonds is 3. The van der Waals surface area contributed by atoms with Gasteiger partial charge in [-0.05, 0) is 31.5 Å². The Labute approximate surface area is 126 Å². The molecule has 0 aliphatic carbocycles. The second kappa shape index (κ2) is 6.22. The molecule has 1 unspecified atom stereocenters. The highest BCUT2D eigenvalue weighted by molar-refractivity contribution is 5.44. The third-order valence-corrected chi connectivity index (χ3v) is 3.94. The van der Waals surface area contributed by atoms with E-state index >= 15 is 0 Å². The maximum Gasteiger partial charge on any atom is 0.161 e. The molecule has 116 valence electrons. The summed E-state index contributed by atoms with van der Waals surface area (Å²) in [6, 6.07) is 5.96. The van der Waals surface area contributed by atoms with Crippen molar-refractivity contribution in [3.63, 3.8) is 0 Å². The topological polar surface area (TPSA) is 57.0 Å². The molecule has 3 rings (SSSR count). The van der Waals surface area contributed by atoms with Gasteiger partial charge in [-0.1, -0.05) is 6.07 Å². The third kappa shape index (κ3) is 3.48. The number of ether oxygens (including phenoxy) is 3. The van der Waals surface area contributed by atoms with Crippen LogP contribution in [0.2, 0.25) is 0 Å². The summed E-state index contributed by atoms with van der Waals surface area (Å²) < 4.78 is 16.9. The zero-order chi connectivity index (χ0) is 14.8. The lowest BCUT2D eigenvalue weighted by atomic mass is 10.1. The highest BCUT2D eigenvalue weighted by Gasteiger charge is 2.24. The molecule has 1 aromatic rings. The van der Waals surface area contributed by atoms with Crippen molar-refractivity contribution >= 4 is 0 Å². The average Bonchev–Trinajstić information content (AvgIpc) is 2.45. The van der Waals surface area contributed by atoms with Gasteiger partial charge in [-0.2, -0.15) is 0 Å². The molecule has 1 aromatic carbocycles. The maximum atomic E-state index is 6.37. The first-order valence-corrected chi connectivity index (χ1v) is 7.65. The summed E-state index contributed by atoms with van der Waals surface area (Å²) in [6.07, 6.45) is 0.530. The summed E-state index contributed by atoms with van der Waals surface area (Å²) in [6.45, 7) is 8.13. The number of hydrogen-bond acceptors (Lipinski definition) is 5. The fourth-order valence-electron chi connectivity index (χ4n) is 3.11. The Morgan fingerprint density at radius 3 is 2.52 bits per heavy atom. The molecule has 0 aromatic heterocycles. The number of benzene rings is 1. The van der Waals surface area contributed by atoms with Crippen molar-refractivity contribution in [3.05, 3.63) is 23.8 Å². The summed E-state index contributed by atoms with van der Waals surface area (Å²) in [5.41, 5.74) is 7.46. The Morgan fingerprint density at radius 1 is 1.14 bits per heavy atom. The van der Waals surface area contributed by atoms with Crippen molar-refractivity contribution in [2.24, 2.45) is 5.73 Å². The summed E-state index contributed by atoms with van der Waals surface area (Å²) >= 11 is 0. The Bertz CT molecular complexity index is 484. The number of fused-ring (bicyclic) bond motifs is 1. The molecule has 1 fully saturated rings. The van der Waals surface area contributed by atoms with E-state index in [0.29, 0.717) is 13.2 Å². The molecule has 21 heavy (non-hydrogen) atoms. The van der Waals surface area contributed by atoms with Crippen LogP contribution in [0, 0.1) is 0 Å². The summed E-state index contributed by atoms with van der Waals surface area (Å²) in [5.74, 6) is 1.61. The van der Waals surface area contributed by atoms with Crippen molar-refractivity contribution in [1.29, 1.82) is 0 Å². The van der Waals surface area contributed by atoms with Crippen LogP contribution >= 0.6 is 0 Å². The fourth-order valence-corrected chi connectivity index (χ4v) is 3.11. The molecule has 0 bridgehead atoms. The standard InChI is InChI=1S/C16H24N2O3/c1-11-8-18(9-12(2)21-11)10-14(17)13-3-4-15-16(7-13)20-6-5-19-15/h3-4,7,11-12,14H,5-6,8-10,17H2,1-2H3/t11-,12+,14?. The molecule has 0 radical (unpaired) electrons. The predicted molar refractivity (Wildman–Crippen MR) is 80.8 cm³/mol. The van der Waals surface area contributed by atoms with Crippen LogP contribution in [0.4, 0.5) is 0 Å². The van der Waals surface area contributed by atoms with Crippen LogP contribution in [0.1, 0.15) is 25.5 Å². The minimum Gasteiger partial charge on any atom is -0.486 e. The van der Waals surface area contributed by atoms with Gasteiger partial charge in [0.15, 0.2) is 11.5 Å². The molecule has 0 saturated carbocycles. The van der Waals surface area contributed by atoms with E-state index < -0.39 is 0 Å². The van der Waals surface area contributed by atoms with Gasteiger partial charge in [-0.15, -0.1) is 0 Å². The van der Waals surface area contributed by atoms with Gasteiger partial charge >= 0.3 is 0 Å². The third-order valence-electron chi connectivity index (χ3n) is 3.94. The quantitative estimate of drug-likeness (QED) is 0.916. The number of hydrogen-bond donors (Lipinski definition) is 1. The van der Waals surface area contributed by atoms with Crippen LogP contribution in [0.15, 0.2) is 18.2 Å². The smallest absolute Gasteiger partial charge is 0.161 e. The number of morpholine rings is 1. The van der Waals surface area contributed by atoms with E-state index in [9.17, 15) is 0 Å². The highest BCUT2D eigenvalue weighted by atomic mass is 16.6. The SMILES string of the molecule is C[C@@H]1CN(CC(N)c2ccc3c(c2)OCCO3)C[C@H](C)O1. The average molecular weight is 292 g/mol. The van der Waals surface area contributed by atoms with E-state index in [1.54, 1.807) is 0 Å². The monoisotopic (exact) mass is 292 g/mol. The largest absolute Gasteiger partial charge is 0.486 e. The normalized spacial score (nSPS) is 27.4. The highest BCUT2D eigenvalue weighted by Crippen LogP contribution is 2.32. The molecule has 1 saturated heterocycles. The van der Waals surface area contributed by atoms with Gasteiger partial charge < -0.3 is 19.9 Å². The van der Waals surface area contributed by atoms with E-state index in [0.717, 1.165) is 36.7 Å².